The van der Waals surface area contributed by atoms with Gasteiger partial charge in [0.1, 0.15) is 12.1 Å². The molecule has 1 fully saturated rings. The van der Waals surface area contributed by atoms with Crippen LogP contribution in [0.5, 0.6) is 0 Å². The number of nitrogens with zero attached hydrogens (tertiary/aromatic N) is 3. The highest BCUT2D eigenvalue weighted by Gasteiger charge is 2.22. The lowest BCUT2D eigenvalue weighted by atomic mass is 9.94. The smallest absolute Gasteiger partial charge is 0.131 e. The Labute approximate surface area is 99.0 Å². The molecule has 82 valence electrons. The molecule has 0 radical (unpaired) electrons. The molecule has 1 atom stereocenters. The molecule has 0 amide bonds. The minimum absolute atomic E-state index is 0.630. The van der Waals surface area contributed by atoms with Crippen molar-refractivity contribution in [2.45, 2.75) is 24.6 Å². The van der Waals surface area contributed by atoms with Crippen LogP contribution in [0.15, 0.2) is 18.6 Å². The number of rotatable bonds is 2. The standard InChI is InChI=1S/C11H16BrN3/c1-9(12)10-3-6-15(7-4-10)11-2-5-13-8-14-11/h2,5,8-10H,3-4,6-7H2,1H3. The zero-order valence-electron chi connectivity index (χ0n) is 8.93. The maximum absolute atomic E-state index is 4.28. The maximum Gasteiger partial charge on any atom is 0.131 e. The fourth-order valence-corrected chi connectivity index (χ4v) is 2.59. The Balaban J connectivity index is 1.94. The highest BCUT2D eigenvalue weighted by molar-refractivity contribution is 9.09. The summed E-state index contributed by atoms with van der Waals surface area (Å²) < 4.78 is 0. The Morgan fingerprint density at radius 1 is 1.47 bits per heavy atom. The second-order valence-electron chi connectivity index (χ2n) is 4.07. The van der Waals surface area contributed by atoms with E-state index in [-0.39, 0.29) is 0 Å². The Morgan fingerprint density at radius 3 is 2.73 bits per heavy atom. The minimum Gasteiger partial charge on any atom is -0.357 e. The topological polar surface area (TPSA) is 29.0 Å². The van der Waals surface area contributed by atoms with Gasteiger partial charge in [0.25, 0.3) is 0 Å². The van der Waals surface area contributed by atoms with Gasteiger partial charge >= 0.3 is 0 Å². The molecule has 2 heterocycles. The van der Waals surface area contributed by atoms with E-state index >= 15 is 0 Å². The number of halogens is 1. The molecular formula is C11H16BrN3. The van der Waals surface area contributed by atoms with Crippen molar-refractivity contribution in [3.8, 4) is 0 Å². The molecule has 3 nitrogen and oxygen atoms in total. The van der Waals surface area contributed by atoms with Gasteiger partial charge in [-0.1, -0.05) is 22.9 Å². The van der Waals surface area contributed by atoms with Crippen molar-refractivity contribution in [3.63, 3.8) is 0 Å². The number of piperidine rings is 1. The second-order valence-corrected chi connectivity index (χ2v) is 5.51. The fourth-order valence-electron chi connectivity index (χ4n) is 2.06. The van der Waals surface area contributed by atoms with Gasteiger partial charge in [-0.15, -0.1) is 0 Å². The molecule has 4 heteroatoms. The molecule has 1 aliphatic rings. The summed E-state index contributed by atoms with van der Waals surface area (Å²) in [4.78, 5) is 11.2. The molecule has 1 aliphatic heterocycles. The Hall–Kier alpha value is -0.640. The van der Waals surface area contributed by atoms with Gasteiger partial charge in [-0.3, -0.25) is 0 Å². The predicted molar refractivity (Wildman–Crippen MR) is 65.4 cm³/mol. The molecule has 2 rings (SSSR count). The molecule has 0 bridgehead atoms. The van der Waals surface area contributed by atoms with Crippen LogP contribution in [0.3, 0.4) is 0 Å². The minimum atomic E-state index is 0.630. The van der Waals surface area contributed by atoms with E-state index in [1.807, 2.05) is 12.3 Å². The van der Waals surface area contributed by atoms with E-state index in [9.17, 15) is 0 Å². The zero-order valence-corrected chi connectivity index (χ0v) is 10.5. The van der Waals surface area contributed by atoms with Crippen molar-refractivity contribution in [2.75, 3.05) is 18.0 Å². The molecule has 0 N–H and O–H groups in total. The lowest BCUT2D eigenvalue weighted by Crippen LogP contribution is -2.36. The molecule has 0 aliphatic carbocycles. The first-order valence-electron chi connectivity index (χ1n) is 5.42. The number of aromatic nitrogens is 2. The van der Waals surface area contributed by atoms with Crippen molar-refractivity contribution >= 4 is 21.7 Å². The lowest BCUT2D eigenvalue weighted by Gasteiger charge is -2.33. The first-order valence-corrected chi connectivity index (χ1v) is 6.34. The third kappa shape index (κ3) is 2.68. The summed E-state index contributed by atoms with van der Waals surface area (Å²) in [7, 11) is 0. The van der Waals surface area contributed by atoms with Crippen molar-refractivity contribution in [1.29, 1.82) is 0 Å². The number of hydrogen-bond donors (Lipinski definition) is 0. The highest BCUT2D eigenvalue weighted by atomic mass is 79.9. The van der Waals surface area contributed by atoms with E-state index in [1.54, 1.807) is 6.33 Å². The number of hydrogen-bond acceptors (Lipinski definition) is 3. The van der Waals surface area contributed by atoms with Crippen LogP contribution >= 0.6 is 15.9 Å². The Morgan fingerprint density at radius 2 is 2.20 bits per heavy atom. The summed E-state index contributed by atoms with van der Waals surface area (Å²) in [5.74, 6) is 1.87. The van der Waals surface area contributed by atoms with Crippen molar-refractivity contribution < 1.29 is 0 Å². The normalized spacial score (nSPS) is 20.3. The summed E-state index contributed by atoms with van der Waals surface area (Å²) in [5.41, 5.74) is 0. The third-order valence-corrected chi connectivity index (χ3v) is 3.83. The first kappa shape index (κ1) is 10.9. The van der Waals surface area contributed by atoms with Crippen LogP contribution in [0.25, 0.3) is 0 Å². The fraction of sp³-hybridized carbons (Fsp3) is 0.636. The van der Waals surface area contributed by atoms with E-state index in [1.165, 1.54) is 12.8 Å². The van der Waals surface area contributed by atoms with Crippen LogP contribution in [0.2, 0.25) is 0 Å². The van der Waals surface area contributed by atoms with Gasteiger partial charge in [0.05, 0.1) is 0 Å². The van der Waals surface area contributed by atoms with Crippen molar-refractivity contribution in [3.05, 3.63) is 18.6 Å². The van der Waals surface area contributed by atoms with E-state index in [4.69, 9.17) is 0 Å². The molecular weight excluding hydrogens is 254 g/mol. The van der Waals surface area contributed by atoms with Crippen LogP contribution < -0.4 is 4.90 Å². The summed E-state index contributed by atoms with van der Waals surface area (Å²) in [5, 5.41) is 0. The summed E-state index contributed by atoms with van der Waals surface area (Å²) in [6.07, 6.45) is 5.92. The number of alkyl halides is 1. The van der Waals surface area contributed by atoms with E-state index in [0.717, 1.165) is 24.8 Å². The summed E-state index contributed by atoms with van der Waals surface area (Å²) in [6.45, 7) is 4.46. The van der Waals surface area contributed by atoms with Crippen LogP contribution in [-0.4, -0.2) is 27.9 Å². The SMILES string of the molecule is CC(Br)C1CCN(c2ccncn2)CC1. The largest absolute Gasteiger partial charge is 0.357 e. The second kappa shape index (κ2) is 4.92. The van der Waals surface area contributed by atoms with Crippen LogP contribution in [-0.2, 0) is 0 Å². The predicted octanol–water partition coefficient (Wildman–Crippen LogP) is 2.48. The molecule has 0 spiro atoms. The van der Waals surface area contributed by atoms with Crippen LogP contribution in [0.1, 0.15) is 19.8 Å². The van der Waals surface area contributed by atoms with Gasteiger partial charge in [0.15, 0.2) is 0 Å². The Bertz CT molecular complexity index is 294. The van der Waals surface area contributed by atoms with E-state index in [0.29, 0.717) is 4.83 Å². The zero-order chi connectivity index (χ0) is 10.7. The molecule has 1 aromatic heterocycles. The van der Waals surface area contributed by atoms with E-state index in [2.05, 4.69) is 37.7 Å². The molecule has 15 heavy (non-hydrogen) atoms. The van der Waals surface area contributed by atoms with Gasteiger partial charge in [-0.2, -0.15) is 0 Å². The van der Waals surface area contributed by atoms with Gasteiger partial charge in [0.2, 0.25) is 0 Å². The molecule has 1 unspecified atom stereocenters. The first-order chi connectivity index (χ1) is 7.27. The molecule has 1 saturated heterocycles. The van der Waals surface area contributed by atoms with E-state index < -0.39 is 0 Å². The van der Waals surface area contributed by atoms with Crippen molar-refractivity contribution in [1.82, 2.24) is 9.97 Å². The highest BCUT2D eigenvalue weighted by Crippen LogP contribution is 2.26. The molecule has 0 aromatic carbocycles. The monoisotopic (exact) mass is 269 g/mol. The Kier molecular flexibility index (Phi) is 3.57. The van der Waals surface area contributed by atoms with Gasteiger partial charge in [-0.05, 0) is 24.8 Å². The summed E-state index contributed by atoms with van der Waals surface area (Å²) >= 11 is 3.67. The van der Waals surface area contributed by atoms with Gasteiger partial charge < -0.3 is 4.90 Å². The van der Waals surface area contributed by atoms with Crippen LogP contribution in [0.4, 0.5) is 5.82 Å². The maximum atomic E-state index is 4.28. The lowest BCUT2D eigenvalue weighted by molar-refractivity contribution is 0.405. The van der Waals surface area contributed by atoms with Gasteiger partial charge in [-0.25, -0.2) is 9.97 Å². The molecule has 1 aromatic rings. The summed E-state index contributed by atoms with van der Waals surface area (Å²) in [6, 6.07) is 1.98. The third-order valence-electron chi connectivity index (χ3n) is 3.08. The van der Waals surface area contributed by atoms with Crippen LogP contribution in [0, 0.1) is 5.92 Å². The van der Waals surface area contributed by atoms with Crippen molar-refractivity contribution in [2.24, 2.45) is 5.92 Å². The molecule has 0 saturated carbocycles. The van der Waals surface area contributed by atoms with Gasteiger partial charge in [0, 0.05) is 24.1 Å². The number of anilines is 1. The average Bonchev–Trinajstić information content (AvgIpc) is 2.30. The average molecular weight is 270 g/mol. The quantitative estimate of drug-likeness (QED) is 0.773.